The van der Waals surface area contributed by atoms with Gasteiger partial charge in [-0.05, 0) is 12.5 Å². The number of hydrogen-bond donors (Lipinski definition) is 1. The van der Waals surface area contributed by atoms with Crippen molar-refractivity contribution >= 4 is 28.3 Å². The summed E-state index contributed by atoms with van der Waals surface area (Å²) in [4.78, 5) is 9.02. The molecule has 0 aliphatic carbocycles. The van der Waals surface area contributed by atoms with E-state index in [1.165, 1.54) is 5.56 Å². The highest BCUT2D eigenvalue weighted by Crippen LogP contribution is 2.26. The average Bonchev–Trinajstić information content (AvgIpc) is 3.06. The number of nitrogens with one attached hydrogen (secondary N) is 1. The first-order valence-electron chi connectivity index (χ1n) is 6.21. The highest BCUT2D eigenvalue weighted by molar-refractivity contribution is 8.14. The summed E-state index contributed by atoms with van der Waals surface area (Å²) in [6, 6.07) is 10.9. The number of aryl methyl sites for hydroxylation is 1. The van der Waals surface area contributed by atoms with Crippen LogP contribution in [0.5, 0.6) is 0 Å². The Morgan fingerprint density at radius 2 is 2.21 bits per heavy atom. The molecule has 0 spiro atoms. The van der Waals surface area contributed by atoms with E-state index in [1.54, 1.807) is 23.1 Å². The standard InChI is InChI=1S/C14H15N3S2/c1-10-8-18-13(16-10)7-15-14-17-12(9-19-14)11-5-3-2-4-6-11/h2-6,8,12H,7,9H2,1H3,(H,15,17). The van der Waals surface area contributed by atoms with Gasteiger partial charge in [-0.25, -0.2) is 4.98 Å². The number of benzene rings is 1. The van der Waals surface area contributed by atoms with Gasteiger partial charge in [0.2, 0.25) is 0 Å². The summed E-state index contributed by atoms with van der Waals surface area (Å²) < 4.78 is 0. The maximum absolute atomic E-state index is 4.60. The van der Waals surface area contributed by atoms with E-state index in [0.29, 0.717) is 12.6 Å². The second kappa shape index (κ2) is 5.75. The molecule has 1 aliphatic heterocycles. The lowest BCUT2D eigenvalue weighted by Gasteiger charge is -2.09. The lowest BCUT2D eigenvalue weighted by atomic mass is 10.1. The zero-order chi connectivity index (χ0) is 13.1. The van der Waals surface area contributed by atoms with Gasteiger partial charge in [0.25, 0.3) is 0 Å². The number of aliphatic imine (C=N–C) groups is 1. The van der Waals surface area contributed by atoms with Crippen LogP contribution in [0.3, 0.4) is 0 Å². The van der Waals surface area contributed by atoms with Crippen LogP contribution in [-0.2, 0) is 6.54 Å². The molecule has 0 radical (unpaired) electrons. The van der Waals surface area contributed by atoms with Gasteiger partial charge in [0.1, 0.15) is 5.01 Å². The second-order valence-corrected chi connectivity index (χ2v) is 6.37. The molecule has 1 aromatic carbocycles. The molecule has 1 fully saturated rings. The van der Waals surface area contributed by atoms with Crippen molar-refractivity contribution in [1.29, 1.82) is 0 Å². The molecule has 1 unspecified atom stereocenters. The first-order valence-corrected chi connectivity index (χ1v) is 8.07. The van der Waals surface area contributed by atoms with E-state index in [2.05, 4.69) is 44.9 Å². The Hall–Kier alpha value is -1.33. The van der Waals surface area contributed by atoms with Gasteiger partial charge in [-0.2, -0.15) is 0 Å². The molecule has 3 rings (SSSR count). The van der Waals surface area contributed by atoms with Crippen molar-refractivity contribution in [3.8, 4) is 0 Å². The van der Waals surface area contributed by atoms with E-state index in [-0.39, 0.29) is 0 Å². The Kier molecular flexibility index (Phi) is 3.84. The molecular weight excluding hydrogens is 274 g/mol. The van der Waals surface area contributed by atoms with E-state index < -0.39 is 0 Å². The minimum atomic E-state index is 0.378. The SMILES string of the molecule is Cc1csc(CN=C2NC(c3ccccc3)CS2)n1. The average molecular weight is 289 g/mol. The first kappa shape index (κ1) is 12.7. The van der Waals surface area contributed by atoms with Crippen LogP contribution in [0.25, 0.3) is 0 Å². The van der Waals surface area contributed by atoms with Gasteiger partial charge < -0.3 is 5.32 Å². The summed E-state index contributed by atoms with van der Waals surface area (Å²) in [7, 11) is 0. The monoisotopic (exact) mass is 289 g/mol. The Bertz CT molecular complexity index is 577. The summed E-state index contributed by atoms with van der Waals surface area (Å²) >= 11 is 3.46. The Morgan fingerprint density at radius 1 is 1.37 bits per heavy atom. The van der Waals surface area contributed by atoms with Crippen LogP contribution in [0.2, 0.25) is 0 Å². The van der Waals surface area contributed by atoms with Crippen molar-refractivity contribution in [3.05, 3.63) is 52.0 Å². The minimum absolute atomic E-state index is 0.378. The largest absolute Gasteiger partial charge is 0.357 e. The van der Waals surface area contributed by atoms with Crippen LogP contribution in [0.4, 0.5) is 0 Å². The Labute approximate surface area is 121 Å². The number of hydrogen-bond acceptors (Lipinski definition) is 4. The van der Waals surface area contributed by atoms with Crippen molar-refractivity contribution in [3.63, 3.8) is 0 Å². The smallest absolute Gasteiger partial charge is 0.157 e. The number of rotatable bonds is 3. The summed E-state index contributed by atoms with van der Waals surface area (Å²) in [5.74, 6) is 1.04. The van der Waals surface area contributed by atoms with Crippen LogP contribution >= 0.6 is 23.1 Å². The third-order valence-electron chi connectivity index (χ3n) is 2.91. The molecule has 5 heteroatoms. The highest BCUT2D eigenvalue weighted by atomic mass is 32.2. The Balaban J connectivity index is 1.62. The fraction of sp³-hybridized carbons (Fsp3) is 0.286. The van der Waals surface area contributed by atoms with Crippen LogP contribution in [0.15, 0.2) is 40.7 Å². The molecule has 2 heterocycles. The Morgan fingerprint density at radius 3 is 2.95 bits per heavy atom. The van der Waals surface area contributed by atoms with Crippen molar-refractivity contribution < 1.29 is 0 Å². The summed E-state index contributed by atoms with van der Waals surface area (Å²) in [5.41, 5.74) is 2.40. The number of thiazole rings is 1. The molecule has 1 atom stereocenters. The second-order valence-electron chi connectivity index (χ2n) is 4.42. The van der Waals surface area contributed by atoms with Crippen LogP contribution < -0.4 is 5.32 Å². The lowest BCUT2D eigenvalue weighted by molar-refractivity contribution is 0.748. The van der Waals surface area contributed by atoms with Crippen molar-refractivity contribution in [2.24, 2.45) is 4.99 Å². The van der Waals surface area contributed by atoms with Crippen molar-refractivity contribution in [2.45, 2.75) is 19.5 Å². The fourth-order valence-corrected chi connectivity index (χ4v) is 3.64. The molecule has 19 heavy (non-hydrogen) atoms. The molecule has 1 saturated heterocycles. The van der Waals surface area contributed by atoms with E-state index in [1.807, 2.05) is 13.0 Å². The number of thioether (sulfide) groups is 1. The minimum Gasteiger partial charge on any atom is -0.357 e. The predicted molar refractivity (Wildman–Crippen MR) is 82.8 cm³/mol. The highest BCUT2D eigenvalue weighted by Gasteiger charge is 2.21. The van der Waals surface area contributed by atoms with Gasteiger partial charge in [-0.3, -0.25) is 4.99 Å². The summed E-state index contributed by atoms with van der Waals surface area (Å²) in [6.07, 6.45) is 0. The quantitative estimate of drug-likeness (QED) is 0.941. The molecule has 0 saturated carbocycles. The van der Waals surface area contributed by atoms with Crippen LogP contribution in [0.1, 0.15) is 22.3 Å². The van der Waals surface area contributed by atoms with E-state index in [0.717, 1.165) is 21.6 Å². The summed E-state index contributed by atoms with van der Waals surface area (Å²) in [6.45, 7) is 2.69. The zero-order valence-corrected chi connectivity index (χ0v) is 12.3. The third-order valence-corrected chi connectivity index (χ3v) is 4.88. The third kappa shape index (κ3) is 3.16. The van der Waals surface area contributed by atoms with Gasteiger partial charge in [-0.15, -0.1) is 11.3 Å². The first-order chi connectivity index (χ1) is 9.31. The van der Waals surface area contributed by atoms with Gasteiger partial charge in [0, 0.05) is 16.8 Å². The molecule has 2 aromatic rings. The van der Waals surface area contributed by atoms with E-state index in [4.69, 9.17) is 0 Å². The van der Waals surface area contributed by atoms with Crippen molar-refractivity contribution in [2.75, 3.05) is 5.75 Å². The van der Waals surface area contributed by atoms with Gasteiger partial charge in [0.15, 0.2) is 5.17 Å². The number of amidine groups is 1. The maximum Gasteiger partial charge on any atom is 0.157 e. The fourth-order valence-electron chi connectivity index (χ4n) is 1.97. The topological polar surface area (TPSA) is 37.3 Å². The molecule has 1 aromatic heterocycles. The molecule has 98 valence electrons. The lowest BCUT2D eigenvalue weighted by Crippen LogP contribution is -2.19. The van der Waals surface area contributed by atoms with Crippen molar-refractivity contribution in [1.82, 2.24) is 10.3 Å². The molecular formula is C14H15N3S2. The molecule has 0 amide bonds. The van der Waals surface area contributed by atoms with Crippen LogP contribution in [-0.4, -0.2) is 15.9 Å². The molecule has 1 N–H and O–H groups in total. The van der Waals surface area contributed by atoms with E-state index in [9.17, 15) is 0 Å². The van der Waals surface area contributed by atoms with Gasteiger partial charge in [-0.1, -0.05) is 42.1 Å². The number of aromatic nitrogens is 1. The summed E-state index contributed by atoms with van der Waals surface area (Å²) in [5, 5.41) is 7.65. The zero-order valence-electron chi connectivity index (χ0n) is 10.7. The van der Waals surface area contributed by atoms with Gasteiger partial charge in [0.05, 0.1) is 12.6 Å². The van der Waals surface area contributed by atoms with E-state index >= 15 is 0 Å². The molecule has 0 bridgehead atoms. The normalized spacial score (nSPS) is 20.7. The molecule has 3 nitrogen and oxygen atoms in total. The van der Waals surface area contributed by atoms with Crippen LogP contribution in [0, 0.1) is 6.92 Å². The molecule has 1 aliphatic rings. The predicted octanol–water partition coefficient (Wildman–Crippen LogP) is 3.39. The number of nitrogens with zero attached hydrogens (tertiary/aromatic N) is 2. The van der Waals surface area contributed by atoms with Gasteiger partial charge >= 0.3 is 0 Å². The maximum atomic E-state index is 4.60.